The van der Waals surface area contributed by atoms with Crippen molar-refractivity contribution in [3.8, 4) is 0 Å². The van der Waals surface area contributed by atoms with Gasteiger partial charge in [0.25, 0.3) is 5.89 Å². The molecular formula is C12H18N2O4. The maximum absolute atomic E-state index is 11.7. The summed E-state index contributed by atoms with van der Waals surface area (Å²) >= 11 is 0. The molecule has 100 valence electrons. The number of aliphatic carboxylic acids is 1. The lowest BCUT2D eigenvalue weighted by atomic mass is 9.92. The zero-order valence-electron chi connectivity index (χ0n) is 11.0. The van der Waals surface area contributed by atoms with E-state index in [1.807, 2.05) is 20.8 Å². The van der Waals surface area contributed by atoms with Gasteiger partial charge in [0.2, 0.25) is 0 Å². The molecule has 6 nitrogen and oxygen atoms in total. The van der Waals surface area contributed by atoms with E-state index in [0.717, 1.165) is 0 Å². The minimum absolute atomic E-state index is 0.0252. The summed E-state index contributed by atoms with van der Waals surface area (Å²) in [6, 6.07) is 0. The van der Waals surface area contributed by atoms with Crippen LogP contribution in [-0.2, 0) is 10.2 Å². The Morgan fingerprint density at radius 3 is 2.44 bits per heavy atom. The molecule has 1 aromatic rings. The molecule has 1 heterocycles. The summed E-state index contributed by atoms with van der Waals surface area (Å²) in [5, 5.41) is 10.9. The first-order chi connectivity index (χ1) is 8.21. The summed E-state index contributed by atoms with van der Waals surface area (Å²) in [6.07, 6.45) is -0.127. The molecule has 1 rings (SSSR count). The average Bonchev–Trinajstić information content (AvgIpc) is 2.59. The van der Waals surface area contributed by atoms with Crippen LogP contribution in [0.3, 0.4) is 0 Å². The fraction of sp³-hybridized carbons (Fsp3) is 0.583. The SMILES string of the molecule is Cc1nc(C(=O)NCCC(=O)O)oc1C(C)(C)C. The number of oxazole rings is 1. The van der Waals surface area contributed by atoms with Gasteiger partial charge in [0, 0.05) is 12.0 Å². The zero-order valence-corrected chi connectivity index (χ0v) is 11.0. The smallest absolute Gasteiger partial charge is 0.307 e. The van der Waals surface area contributed by atoms with Crippen LogP contribution in [0.4, 0.5) is 0 Å². The third-order valence-corrected chi connectivity index (χ3v) is 2.30. The third-order valence-electron chi connectivity index (χ3n) is 2.30. The number of hydrogen-bond donors (Lipinski definition) is 2. The predicted molar refractivity (Wildman–Crippen MR) is 64.5 cm³/mol. The van der Waals surface area contributed by atoms with Gasteiger partial charge < -0.3 is 14.8 Å². The average molecular weight is 254 g/mol. The summed E-state index contributed by atoms with van der Waals surface area (Å²) in [4.78, 5) is 26.0. The minimum atomic E-state index is -0.964. The van der Waals surface area contributed by atoms with Crippen molar-refractivity contribution in [2.24, 2.45) is 0 Å². The number of hydrogen-bond acceptors (Lipinski definition) is 4. The van der Waals surface area contributed by atoms with E-state index < -0.39 is 11.9 Å². The summed E-state index contributed by atoms with van der Waals surface area (Å²) < 4.78 is 5.43. The normalized spacial score (nSPS) is 11.3. The highest BCUT2D eigenvalue weighted by atomic mass is 16.4. The van der Waals surface area contributed by atoms with E-state index in [2.05, 4.69) is 10.3 Å². The Bertz CT molecular complexity index is 457. The molecule has 6 heteroatoms. The van der Waals surface area contributed by atoms with Gasteiger partial charge in [-0.2, -0.15) is 0 Å². The van der Waals surface area contributed by atoms with E-state index in [-0.39, 0.29) is 24.3 Å². The fourth-order valence-corrected chi connectivity index (χ4v) is 1.55. The molecule has 0 aliphatic rings. The van der Waals surface area contributed by atoms with Crippen molar-refractivity contribution >= 4 is 11.9 Å². The van der Waals surface area contributed by atoms with Crippen molar-refractivity contribution in [1.29, 1.82) is 0 Å². The zero-order chi connectivity index (χ0) is 13.9. The van der Waals surface area contributed by atoms with E-state index in [1.54, 1.807) is 6.92 Å². The highest BCUT2D eigenvalue weighted by Gasteiger charge is 2.25. The summed E-state index contributed by atoms with van der Waals surface area (Å²) in [7, 11) is 0. The molecule has 0 atom stereocenters. The van der Waals surface area contributed by atoms with Crippen LogP contribution < -0.4 is 5.32 Å². The first-order valence-electron chi connectivity index (χ1n) is 5.69. The van der Waals surface area contributed by atoms with Gasteiger partial charge in [0.1, 0.15) is 5.76 Å². The lowest BCUT2D eigenvalue weighted by Crippen LogP contribution is -2.26. The van der Waals surface area contributed by atoms with Gasteiger partial charge in [-0.15, -0.1) is 0 Å². The Balaban J connectivity index is 2.73. The van der Waals surface area contributed by atoms with Gasteiger partial charge in [0.15, 0.2) is 0 Å². The van der Waals surface area contributed by atoms with Gasteiger partial charge in [-0.1, -0.05) is 20.8 Å². The molecule has 0 radical (unpaired) electrons. The van der Waals surface area contributed by atoms with Crippen molar-refractivity contribution in [3.63, 3.8) is 0 Å². The largest absolute Gasteiger partial charge is 0.481 e. The molecule has 0 spiro atoms. The van der Waals surface area contributed by atoms with Crippen molar-refractivity contribution < 1.29 is 19.1 Å². The highest BCUT2D eigenvalue weighted by molar-refractivity contribution is 5.89. The van der Waals surface area contributed by atoms with Crippen LogP contribution in [0.1, 0.15) is 49.3 Å². The van der Waals surface area contributed by atoms with Crippen LogP contribution in [0.5, 0.6) is 0 Å². The standard InChI is InChI=1S/C12H18N2O4/c1-7-9(12(2,3)4)18-11(14-7)10(17)13-6-5-8(15)16/h5-6H2,1-4H3,(H,13,17)(H,15,16). The fourth-order valence-electron chi connectivity index (χ4n) is 1.55. The second kappa shape index (κ2) is 5.20. The second-order valence-corrected chi connectivity index (χ2v) is 5.08. The Hall–Kier alpha value is -1.85. The van der Waals surface area contributed by atoms with Gasteiger partial charge in [-0.25, -0.2) is 4.98 Å². The molecule has 0 bridgehead atoms. The van der Waals surface area contributed by atoms with Crippen LogP contribution in [-0.4, -0.2) is 28.5 Å². The number of aromatic nitrogens is 1. The third kappa shape index (κ3) is 3.58. The number of carboxylic acids is 1. The first-order valence-corrected chi connectivity index (χ1v) is 5.69. The molecule has 0 saturated carbocycles. The molecular weight excluding hydrogens is 236 g/mol. The Labute approximate surface area is 105 Å². The van der Waals surface area contributed by atoms with Crippen LogP contribution in [0.15, 0.2) is 4.42 Å². The lowest BCUT2D eigenvalue weighted by molar-refractivity contribution is -0.136. The Morgan fingerprint density at radius 2 is 2.00 bits per heavy atom. The first kappa shape index (κ1) is 14.2. The summed E-state index contributed by atoms with van der Waals surface area (Å²) in [6.45, 7) is 7.73. The predicted octanol–water partition coefficient (Wildman–Crippen LogP) is 1.49. The van der Waals surface area contributed by atoms with Crippen LogP contribution in [0, 0.1) is 6.92 Å². The summed E-state index contributed by atoms with van der Waals surface area (Å²) in [5.41, 5.74) is 0.447. The van der Waals surface area contributed by atoms with E-state index in [9.17, 15) is 9.59 Å². The van der Waals surface area contributed by atoms with Crippen molar-refractivity contribution in [2.75, 3.05) is 6.54 Å². The number of nitrogens with zero attached hydrogens (tertiary/aromatic N) is 1. The topological polar surface area (TPSA) is 92.4 Å². The molecule has 0 fully saturated rings. The number of carboxylic acid groups (broad SMARTS) is 1. The summed E-state index contributed by atoms with van der Waals surface area (Å²) in [5.74, 6) is -0.821. The molecule has 1 aromatic heterocycles. The van der Waals surface area contributed by atoms with E-state index in [0.29, 0.717) is 11.5 Å². The van der Waals surface area contributed by atoms with E-state index >= 15 is 0 Å². The molecule has 1 amide bonds. The molecule has 0 aromatic carbocycles. The lowest BCUT2D eigenvalue weighted by Gasteiger charge is -2.14. The molecule has 0 saturated heterocycles. The molecule has 0 aliphatic carbocycles. The quantitative estimate of drug-likeness (QED) is 0.849. The number of aryl methyl sites for hydroxylation is 1. The minimum Gasteiger partial charge on any atom is -0.481 e. The Morgan fingerprint density at radius 1 is 1.39 bits per heavy atom. The highest BCUT2D eigenvalue weighted by Crippen LogP contribution is 2.26. The Kier molecular flexibility index (Phi) is 4.11. The van der Waals surface area contributed by atoms with Crippen LogP contribution in [0.2, 0.25) is 0 Å². The monoisotopic (exact) mass is 254 g/mol. The maximum atomic E-state index is 11.7. The van der Waals surface area contributed by atoms with Crippen LogP contribution >= 0.6 is 0 Å². The van der Waals surface area contributed by atoms with Gasteiger partial charge in [-0.05, 0) is 6.92 Å². The van der Waals surface area contributed by atoms with Gasteiger partial charge in [-0.3, -0.25) is 9.59 Å². The maximum Gasteiger partial charge on any atom is 0.307 e. The number of carbonyl (C=O) groups excluding carboxylic acids is 1. The number of amides is 1. The molecule has 0 aliphatic heterocycles. The van der Waals surface area contributed by atoms with Gasteiger partial charge in [0.05, 0.1) is 12.1 Å². The van der Waals surface area contributed by atoms with Crippen molar-refractivity contribution in [2.45, 2.75) is 39.5 Å². The second-order valence-electron chi connectivity index (χ2n) is 5.08. The van der Waals surface area contributed by atoms with E-state index in [4.69, 9.17) is 9.52 Å². The molecule has 2 N–H and O–H groups in total. The number of carbonyl (C=O) groups is 2. The van der Waals surface area contributed by atoms with Crippen molar-refractivity contribution in [1.82, 2.24) is 10.3 Å². The number of nitrogens with one attached hydrogen (secondary N) is 1. The number of rotatable bonds is 4. The molecule has 0 unspecified atom stereocenters. The molecule has 18 heavy (non-hydrogen) atoms. The van der Waals surface area contributed by atoms with Crippen LogP contribution in [0.25, 0.3) is 0 Å². The van der Waals surface area contributed by atoms with Crippen molar-refractivity contribution in [3.05, 3.63) is 17.3 Å². The van der Waals surface area contributed by atoms with E-state index in [1.165, 1.54) is 0 Å². The van der Waals surface area contributed by atoms with Gasteiger partial charge >= 0.3 is 11.9 Å².